The summed E-state index contributed by atoms with van der Waals surface area (Å²) in [6.45, 7) is 0.976. The highest BCUT2D eigenvalue weighted by Gasteiger charge is 2.33. The minimum absolute atomic E-state index is 0.205. The van der Waals surface area contributed by atoms with Gasteiger partial charge in [0.05, 0.1) is 35.2 Å². The van der Waals surface area contributed by atoms with Crippen LogP contribution in [-0.2, 0) is 0 Å². The SMILES string of the molecule is [c]1ccc2c(c1)OCC(c1cc3c(cn1)OCC(c1cnc4c(c1)OC(c1ccc5c(n1)OCC(c1cc6cccnc6n1-c1cnc6snnc6c1)O5)CO4)O3)O2. The van der Waals surface area contributed by atoms with E-state index < -0.39 is 24.4 Å². The van der Waals surface area contributed by atoms with Gasteiger partial charge < -0.3 is 37.9 Å². The zero-order valence-electron chi connectivity index (χ0n) is 30.1. The van der Waals surface area contributed by atoms with Gasteiger partial charge in [0, 0.05) is 40.9 Å². The molecule has 17 heteroatoms. The van der Waals surface area contributed by atoms with E-state index in [1.54, 1.807) is 36.9 Å². The molecule has 0 saturated carbocycles. The summed E-state index contributed by atoms with van der Waals surface area (Å²) in [5, 5.41) is 5.17. The lowest BCUT2D eigenvalue weighted by Gasteiger charge is -2.30. The van der Waals surface area contributed by atoms with Crippen LogP contribution in [0.5, 0.6) is 46.3 Å². The van der Waals surface area contributed by atoms with Crippen LogP contribution < -0.4 is 37.9 Å². The predicted molar refractivity (Wildman–Crippen MR) is 203 cm³/mol. The van der Waals surface area contributed by atoms with E-state index in [-0.39, 0.29) is 19.8 Å². The Balaban J connectivity index is 0.762. The van der Waals surface area contributed by atoms with Crippen molar-refractivity contribution in [2.45, 2.75) is 24.4 Å². The third-order valence-electron chi connectivity index (χ3n) is 10.2. The highest BCUT2D eigenvalue weighted by atomic mass is 32.1. The lowest BCUT2D eigenvalue weighted by molar-refractivity contribution is 0.0701. The molecule has 285 valence electrons. The molecule has 7 aromatic heterocycles. The molecule has 1 aromatic carbocycles. The molecule has 12 rings (SSSR count). The molecule has 0 bridgehead atoms. The third kappa shape index (κ3) is 5.61. The van der Waals surface area contributed by atoms with Crippen LogP contribution in [0.3, 0.4) is 0 Å². The Kier molecular flexibility index (Phi) is 7.47. The first-order valence-corrected chi connectivity index (χ1v) is 19.2. The fourth-order valence-electron chi connectivity index (χ4n) is 7.41. The van der Waals surface area contributed by atoms with Crippen LogP contribution in [0.2, 0.25) is 0 Å². The van der Waals surface area contributed by atoms with Crippen LogP contribution in [0, 0.1) is 6.07 Å². The number of nitrogens with zero attached hydrogens (tertiary/aromatic N) is 8. The first kappa shape index (κ1) is 32.9. The van der Waals surface area contributed by atoms with Crippen LogP contribution in [0.15, 0.2) is 91.5 Å². The highest BCUT2D eigenvalue weighted by molar-refractivity contribution is 7.12. The normalized spacial score (nSPS) is 20.2. The summed E-state index contributed by atoms with van der Waals surface area (Å²) < 4.78 is 55.9. The number of hydrogen-bond donors (Lipinski definition) is 0. The molecule has 4 unspecified atom stereocenters. The van der Waals surface area contributed by atoms with E-state index in [0.29, 0.717) is 69.8 Å². The first-order chi connectivity index (χ1) is 28.7. The molecule has 0 spiro atoms. The van der Waals surface area contributed by atoms with Crippen LogP contribution in [0.25, 0.3) is 27.1 Å². The molecule has 16 nitrogen and oxygen atoms in total. The van der Waals surface area contributed by atoms with Gasteiger partial charge >= 0.3 is 0 Å². The maximum Gasteiger partial charge on any atom is 0.257 e. The summed E-state index contributed by atoms with van der Waals surface area (Å²) in [5.41, 5.74) is 5.15. The van der Waals surface area contributed by atoms with E-state index in [0.717, 1.165) is 32.8 Å². The Morgan fingerprint density at radius 1 is 0.638 bits per heavy atom. The molecule has 0 aliphatic carbocycles. The average molecular weight is 792 g/mol. The van der Waals surface area contributed by atoms with Gasteiger partial charge in [-0.15, -0.1) is 5.10 Å². The molecule has 0 amide bonds. The second-order valence-corrected chi connectivity index (χ2v) is 14.6. The summed E-state index contributed by atoms with van der Waals surface area (Å²) in [6.07, 6.45) is 5.02. The number of hydrogen-bond acceptors (Lipinski definition) is 16. The molecule has 0 saturated heterocycles. The molecule has 0 fully saturated rings. The quantitative estimate of drug-likeness (QED) is 0.186. The van der Waals surface area contributed by atoms with Crippen LogP contribution in [-0.4, -0.2) is 65.5 Å². The zero-order valence-corrected chi connectivity index (χ0v) is 30.9. The third-order valence-corrected chi connectivity index (χ3v) is 10.9. The minimum Gasteiger partial charge on any atom is -0.485 e. The van der Waals surface area contributed by atoms with Gasteiger partial charge in [0.25, 0.3) is 11.8 Å². The fraction of sp³-hybridized carbons (Fsp3) is 0.195. The second kappa shape index (κ2) is 13.2. The Morgan fingerprint density at radius 3 is 2.48 bits per heavy atom. The van der Waals surface area contributed by atoms with Gasteiger partial charge in [-0.3, -0.25) is 9.55 Å². The largest absolute Gasteiger partial charge is 0.485 e. The summed E-state index contributed by atoms with van der Waals surface area (Å²) in [4.78, 5) is 23.9. The van der Waals surface area contributed by atoms with Gasteiger partial charge in [-0.05, 0) is 60.7 Å². The summed E-state index contributed by atoms with van der Waals surface area (Å²) in [5.74, 6) is 4.06. The minimum atomic E-state index is -0.536. The van der Waals surface area contributed by atoms with E-state index in [2.05, 4.69) is 41.7 Å². The van der Waals surface area contributed by atoms with Crippen LogP contribution in [0.1, 0.15) is 47.1 Å². The van der Waals surface area contributed by atoms with Gasteiger partial charge in [-0.1, -0.05) is 10.6 Å². The van der Waals surface area contributed by atoms with Gasteiger partial charge in [-0.2, -0.15) is 0 Å². The average Bonchev–Trinajstić information content (AvgIpc) is 3.93. The lowest BCUT2D eigenvalue weighted by atomic mass is 10.1. The second-order valence-electron chi connectivity index (χ2n) is 13.8. The molecule has 58 heavy (non-hydrogen) atoms. The topological polar surface area (TPSA) is 169 Å². The number of aromatic nitrogens is 8. The van der Waals surface area contributed by atoms with E-state index in [4.69, 9.17) is 42.9 Å². The van der Waals surface area contributed by atoms with Crippen molar-refractivity contribution >= 4 is 32.9 Å². The number of benzene rings is 1. The van der Waals surface area contributed by atoms with Crippen LogP contribution >= 0.6 is 11.5 Å². The maximum atomic E-state index is 6.54. The molecule has 4 aliphatic rings. The Morgan fingerprint density at radius 2 is 1.48 bits per heavy atom. The number of ether oxygens (including phenoxy) is 8. The molecular formula is C41H27N8O8S. The van der Waals surface area contributed by atoms with Gasteiger partial charge in [0.15, 0.2) is 63.7 Å². The fourth-order valence-corrected chi connectivity index (χ4v) is 7.91. The maximum absolute atomic E-state index is 6.54. The van der Waals surface area contributed by atoms with Crippen molar-refractivity contribution in [2.24, 2.45) is 0 Å². The van der Waals surface area contributed by atoms with E-state index >= 15 is 0 Å². The lowest BCUT2D eigenvalue weighted by Crippen LogP contribution is -2.27. The predicted octanol–water partition coefficient (Wildman–Crippen LogP) is 6.46. The monoisotopic (exact) mass is 791 g/mol. The molecule has 11 heterocycles. The number of pyridine rings is 5. The number of rotatable bonds is 5. The van der Waals surface area contributed by atoms with E-state index in [1.807, 2.05) is 53.1 Å². The highest BCUT2D eigenvalue weighted by Crippen LogP contribution is 2.44. The molecule has 8 aromatic rings. The summed E-state index contributed by atoms with van der Waals surface area (Å²) in [6, 6.07) is 23.6. The number of fused-ring (bicyclic) bond motifs is 6. The van der Waals surface area contributed by atoms with Crippen molar-refractivity contribution in [3.8, 4) is 51.9 Å². The Hall–Kier alpha value is -7.27. The van der Waals surface area contributed by atoms with Crippen molar-refractivity contribution in [2.75, 3.05) is 26.4 Å². The molecule has 0 N–H and O–H groups in total. The molecule has 1 radical (unpaired) electrons. The van der Waals surface area contributed by atoms with Crippen molar-refractivity contribution in [1.29, 1.82) is 0 Å². The smallest absolute Gasteiger partial charge is 0.257 e. The summed E-state index contributed by atoms with van der Waals surface area (Å²) in [7, 11) is 0. The standard InChI is InChI=1S/C41H27N8O8S/c1-2-6-29-28(5-1)50-18-36(54-29)25-13-31-33(16-43-25)51-17-34(56-31)22-11-32-39(44-14-22)52-19-35(57-32)24-7-8-30-40(46-24)53-20-37(55-30)27-10-21-4-3-9-42-38(21)49(27)23-12-26-41(45-15-23)58-48-47-26/h2-16,34-37H,17-20H2. The van der Waals surface area contributed by atoms with Crippen LogP contribution in [0.4, 0.5) is 0 Å². The van der Waals surface area contributed by atoms with Gasteiger partial charge in [0.1, 0.15) is 37.6 Å². The van der Waals surface area contributed by atoms with E-state index in [1.165, 1.54) is 11.5 Å². The van der Waals surface area contributed by atoms with Gasteiger partial charge in [-0.25, -0.2) is 19.9 Å². The molecule has 4 atom stereocenters. The van der Waals surface area contributed by atoms with Gasteiger partial charge in [0.2, 0.25) is 0 Å². The van der Waals surface area contributed by atoms with Crippen molar-refractivity contribution < 1.29 is 37.9 Å². The van der Waals surface area contributed by atoms with E-state index in [9.17, 15) is 0 Å². The zero-order chi connectivity index (χ0) is 38.2. The molecular weight excluding hydrogens is 765 g/mol. The Labute approximate surface area is 332 Å². The van der Waals surface area contributed by atoms with Crippen molar-refractivity contribution in [3.05, 3.63) is 120 Å². The first-order valence-electron chi connectivity index (χ1n) is 18.4. The summed E-state index contributed by atoms with van der Waals surface area (Å²) >= 11 is 1.25. The van der Waals surface area contributed by atoms with Crippen molar-refractivity contribution in [1.82, 2.24) is 39.1 Å². The van der Waals surface area contributed by atoms with Crippen molar-refractivity contribution in [3.63, 3.8) is 0 Å². The molecule has 4 aliphatic heterocycles. The Bertz CT molecular complexity index is 2910.